The lowest BCUT2D eigenvalue weighted by Gasteiger charge is -2.27. The van der Waals surface area contributed by atoms with Gasteiger partial charge in [-0.05, 0) is 102 Å². The molecule has 0 aliphatic rings. The van der Waals surface area contributed by atoms with Crippen LogP contribution in [0.15, 0.2) is 53.5 Å². The summed E-state index contributed by atoms with van der Waals surface area (Å²) in [5, 5.41) is 24.0. The molecule has 8 nitrogen and oxygen atoms in total. The van der Waals surface area contributed by atoms with E-state index in [9.17, 15) is 10.2 Å². The first-order valence-corrected chi connectivity index (χ1v) is 21.6. The van der Waals surface area contributed by atoms with E-state index in [1.807, 2.05) is 0 Å². The number of nitrogens with two attached hydrogens (primary N) is 3. The van der Waals surface area contributed by atoms with Gasteiger partial charge in [-0.2, -0.15) is 0 Å². The van der Waals surface area contributed by atoms with Gasteiger partial charge >= 0.3 is 0 Å². The molecule has 0 aliphatic heterocycles. The van der Waals surface area contributed by atoms with Crippen molar-refractivity contribution in [3.05, 3.63) is 115 Å². The summed E-state index contributed by atoms with van der Waals surface area (Å²) in [4.78, 5) is 4.15. The Morgan fingerprint density at radius 3 is 1.34 bits per heavy atom. The van der Waals surface area contributed by atoms with Gasteiger partial charge in [0.2, 0.25) is 0 Å². The van der Waals surface area contributed by atoms with Crippen molar-refractivity contribution in [2.75, 3.05) is 26.3 Å². The second kappa shape index (κ2) is 19.6. The van der Waals surface area contributed by atoms with Gasteiger partial charge in [-0.3, -0.25) is 4.99 Å². The third kappa shape index (κ3) is 12.2. The minimum Gasteiger partial charge on any atom is -0.507 e. The third-order valence-electron chi connectivity index (χ3n) is 11.1. The molecule has 0 radical (unpaired) electrons. The molecule has 0 saturated heterocycles. The first-order valence-electron chi connectivity index (χ1n) is 21.6. The second-order valence-corrected chi connectivity index (χ2v) is 19.2. The van der Waals surface area contributed by atoms with Crippen LogP contribution in [0, 0.1) is 0 Å². The van der Waals surface area contributed by atoms with Crippen molar-refractivity contribution in [2.24, 2.45) is 22.2 Å². The molecule has 0 spiro atoms. The number of ether oxygens (including phenoxy) is 2. The van der Waals surface area contributed by atoms with Gasteiger partial charge in [0.25, 0.3) is 0 Å². The zero-order chi connectivity index (χ0) is 43.9. The summed E-state index contributed by atoms with van der Waals surface area (Å²) in [5.41, 5.74) is 29.1. The van der Waals surface area contributed by atoms with Gasteiger partial charge in [0.05, 0.1) is 6.54 Å². The number of guanidine groups is 1. The van der Waals surface area contributed by atoms with Crippen molar-refractivity contribution in [3.63, 3.8) is 0 Å². The molecular formula is C51H74N4O4. The number of aliphatic imine (C=N–C) groups is 1. The Morgan fingerprint density at radius 2 is 0.932 bits per heavy atom. The lowest BCUT2D eigenvalue weighted by Crippen LogP contribution is -2.23. The van der Waals surface area contributed by atoms with E-state index >= 15 is 0 Å². The predicted molar refractivity (Wildman–Crippen MR) is 247 cm³/mol. The van der Waals surface area contributed by atoms with Crippen LogP contribution in [0.5, 0.6) is 23.0 Å². The largest absolute Gasteiger partial charge is 0.507 e. The van der Waals surface area contributed by atoms with Crippen LogP contribution in [0.3, 0.4) is 0 Å². The van der Waals surface area contributed by atoms with Crippen LogP contribution in [0.4, 0.5) is 0 Å². The average molecular weight is 807 g/mol. The van der Waals surface area contributed by atoms with Gasteiger partial charge in [-0.15, -0.1) is 0 Å². The summed E-state index contributed by atoms with van der Waals surface area (Å²) in [6, 6.07) is 17.5. The quantitative estimate of drug-likeness (QED) is 0.0405. The van der Waals surface area contributed by atoms with Gasteiger partial charge in [-0.1, -0.05) is 138 Å². The predicted octanol–water partition coefficient (Wildman–Crippen LogP) is 9.83. The van der Waals surface area contributed by atoms with Crippen molar-refractivity contribution in [3.8, 4) is 23.0 Å². The van der Waals surface area contributed by atoms with Gasteiger partial charge < -0.3 is 36.9 Å². The molecule has 0 atom stereocenters. The first-order chi connectivity index (χ1) is 27.6. The highest BCUT2D eigenvalue weighted by atomic mass is 16.5. The van der Waals surface area contributed by atoms with Crippen molar-refractivity contribution < 1.29 is 19.7 Å². The number of phenols is 2. The Labute approximate surface area is 355 Å². The number of hydrogen-bond donors (Lipinski definition) is 5. The molecular weight excluding hydrogens is 733 g/mol. The first kappa shape index (κ1) is 47.0. The lowest BCUT2D eigenvalue weighted by atomic mass is 9.80. The molecule has 0 fully saturated rings. The fourth-order valence-corrected chi connectivity index (χ4v) is 7.59. The van der Waals surface area contributed by atoms with Crippen LogP contribution in [0.25, 0.3) is 0 Å². The van der Waals surface area contributed by atoms with Crippen LogP contribution in [-0.4, -0.2) is 42.5 Å². The van der Waals surface area contributed by atoms with Crippen LogP contribution >= 0.6 is 0 Å². The van der Waals surface area contributed by atoms with Gasteiger partial charge in [-0.25, -0.2) is 0 Å². The highest BCUT2D eigenvalue weighted by molar-refractivity contribution is 5.75. The van der Waals surface area contributed by atoms with E-state index < -0.39 is 0 Å². The molecule has 0 amide bonds. The molecule has 4 rings (SSSR count). The molecule has 0 unspecified atom stereocenters. The van der Waals surface area contributed by atoms with E-state index in [4.69, 9.17) is 26.7 Å². The number of rotatable bonds is 17. The Hall–Kier alpha value is -4.69. The number of hydrogen-bond acceptors (Lipinski definition) is 6. The Kier molecular flexibility index (Phi) is 15.6. The molecule has 4 aromatic rings. The SMILES string of the molecule is CCCc1cc(CC)cc(Cc2cc(C(C)(C)C)cc(Cc3cc(C(C)(C)C)cc(Cc4cc(C(C)(C)C)cc(CC)c4OCCN=C(N)N)c3O)c2OCCN)c1O. The average Bonchev–Trinajstić information content (AvgIpc) is 3.14. The topological polar surface area (TPSA) is 149 Å². The molecule has 0 bridgehead atoms. The number of phenolic OH excluding ortho intramolecular Hbond substituents is 2. The number of nitrogens with zero attached hydrogens (tertiary/aromatic N) is 1. The minimum absolute atomic E-state index is 0.0331. The fraction of sp³-hybridized carbons (Fsp3) is 0.510. The summed E-state index contributed by atoms with van der Waals surface area (Å²) >= 11 is 0. The van der Waals surface area contributed by atoms with E-state index in [-0.39, 0.29) is 28.0 Å². The maximum Gasteiger partial charge on any atom is 0.186 e. The van der Waals surface area contributed by atoms with Crippen LogP contribution in [0.1, 0.15) is 156 Å². The van der Waals surface area contributed by atoms with Crippen molar-refractivity contribution in [1.29, 1.82) is 0 Å². The zero-order valence-electron chi connectivity index (χ0n) is 38.3. The highest BCUT2D eigenvalue weighted by Crippen LogP contribution is 2.41. The van der Waals surface area contributed by atoms with Crippen LogP contribution in [0.2, 0.25) is 0 Å². The molecule has 59 heavy (non-hydrogen) atoms. The molecule has 0 heterocycles. The fourth-order valence-electron chi connectivity index (χ4n) is 7.59. The van der Waals surface area contributed by atoms with Crippen LogP contribution in [-0.2, 0) is 54.8 Å². The van der Waals surface area contributed by atoms with E-state index in [2.05, 4.69) is 137 Å². The second-order valence-electron chi connectivity index (χ2n) is 19.2. The molecule has 0 saturated carbocycles. The monoisotopic (exact) mass is 807 g/mol. The summed E-state index contributed by atoms with van der Waals surface area (Å²) in [6.45, 7) is 27.7. The molecule has 4 aromatic carbocycles. The van der Waals surface area contributed by atoms with Crippen molar-refractivity contribution >= 4 is 5.96 Å². The van der Waals surface area contributed by atoms with Gasteiger partial charge in [0.15, 0.2) is 5.96 Å². The Morgan fingerprint density at radius 1 is 0.542 bits per heavy atom. The zero-order valence-corrected chi connectivity index (χ0v) is 38.3. The van der Waals surface area contributed by atoms with E-state index in [1.165, 1.54) is 11.1 Å². The molecule has 0 aromatic heterocycles. The highest BCUT2D eigenvalue weighted by Gasteiger charge is 2.26. The normalized spacial score (nSPS) is 12.2. The number of aromatic hydroxyl groups is 2. The lowest BCUT2D eigenvalue weighted by molar-refractivity contribution is 0.321. The maximum atomic E-state index is 12.4. The number of aryl methyl sites for hydroxylation is 3. The molecule has 8 heteroatoms. The van der Waals surface area contributed by atoms with Gasteiger partial charge in [0, 0.05) is 25.8 Å². The maximum absolute atomic E-state index is 12.4. The van der Waals surface area contributed by atoms with Crippen molar-refractivity contribution in [2.45, 2.75) is 144 Å². The minimum atomic E-state index is -0.201. The Bertz CT molecular complexity index is 2090. The number of benzene rings is 4. The molecule has 0 aliphatic carbocycles. The Balaban J connectivity index is 1.95. The summed E-state index contributed by atoms with van der Waals surface area (Å²) in [5.74, 6) is 2.22. The van der Waals surface area contributed by atoms with E-state index in [1.54, 1.807) is 0 Å². The summed E-state index contributed by atoms with van der Waals surface area (Å²) in [6.07, 6.45) is 4.83. The summed E-state index contributed by atoms with van der Waals surface area (Å²) < 4.78 is 13.1. The van der Waals surface area contributed by atoms with E-state index in [0.29, 0.717) is 51.3 Å². The molecule has 8 N–H and O–H groups in total. The standard InChI is InChI=1S/C51H74N4O4/c1-13-16-34-21-32(14-2)22-35(44(34)56)23-39-30-43(51(10,11)12)31-40(47(39)58-19-17-52)25-37-28-42(50(7,8)9)27-36(45(37)57)24-38-29-41(49(4,5)6)26-33(15-3)46(38)59-20-18-55-48(53)54/h21-22,26-31,56-57H,13-20,23-25,52H2,1-12H3,(H4,53,54,55). The van der Waals surface area contributed by atoms with Gasteiger partial charge in [0.1, 0.15) is 36.2 Å². The van der Waals surface area contributed by atoms with Crippen molar-refractivity contribution in [1.82, 2.24) is 0 Å². The molecule has 322 valence electrons. The third-order valence-corrected chi connectivity index (χ3v) is 11.1. The smallest absolute Gasteiger partial charge is 0.186 e. The van der Waals surface area contributed by atoms with E-state index in [0.717, 1.165) is 92.8 Å². The van der Waals surface area contributed by atoms with Crippen LogP contribution < -0.4 is 26.7 Å². The summed E-state index contributed by atoms with van der Waals surface area (Å²) in [7, 11) is 0.